The van der Waals surface area contributed by atoms with Crippen LogP contribution in [0.2, 0.25) is 0 Å². The van der Waals surface area contributed by atoms with Gasteiger partial charge in [-0.2, -0.15) is 0 Å². The highest BCUT2D eigenvalue weighted by molar-refractivity contribution is 7.90. The zero-order chi connectivity index (χ0) is 21.7. The molecule has 0 radical (unpaired) electrons. The van der Waals surface area contributed by atoms with Crippen molar-refractivity contribution in [2.75, 3.05) is 20.3 Å². The normalized spacial score (nSPS) is 16.6. The molecule has 1 aliphatic heterocycles. The van der Waals surface area contributed by atoms with E-state index in [0.29, 0.717) is 17.1 Å². The molecule has 2 N–H and O–H groups in total. The third-order valence-corrected chi connectivity index (χ3v) is 5.94. The predicted octanol–water partition coefficient (Wildman–Crippen LogP) is 1.95. The van der Waals surface area contributed by atoms with Gasteiger partial charge in [-0.3, -0.25) is 14.5 Å². The molecule has 9 heteroatoms. The Morgan fingerprint density at radius 1 is 1.13 bits per heavy atom. The number of fused-ring (bicyclic) bond motifs is 1. The lowest BCUT2D eigenvalue weighted by Crippen LogP contribution is -2.40. The zero-order valence-electron chi connectivity index (χ0n) is 17.1. The van der Waals surface area contributed by atoms with Crippen molar-refractivity contribution in [1.29, 1.82) is 0 Å². The van der Waals surface area contributed by atoms with Crippen LogP contribution in [0.5, 0.6) is 11.5 Å². The average Bonchev–Trinajstić information content (AvgIpc) is 2.99. The molecule has 1 amide bonds. The Morgan fingerprint density at radius 2 is 1.87 bits per heavy atom. The van der Waals surface area contributed by atoms with Crippen LogP contribution >= 0.6 is 0 Å². The van der Waals surface area contributed by atoms with E-state index in [1.54, 1.807) is 37.4 Å². The van der Waals surface area contributed by atoms with Crippen molar-refractivity contribution in [2.45, 2.75) is 24.8 Å². The molecule has 1 heterocycles. The summed E-state index contributed by atoms with van der Waals surface area (Å²) in [5.41, 5.74) is 0.470. The fraction of sp³-hybridized carbons (Fsp3) is 0.333. The number of carbonyl (C=O) groups is 1. The number of methoxy groups -OCH3 is 1. The molecule has 0 saturated carbocycles. The third-order valence-electron chi connectivity index (χ3n) is 4.54. The number of hydrogen-bond acceptors (Lipinski definition) is 6. The highest BCUT2D eigenvalue weighted by atomic mass is 32.2. The fourth-order valence-electron chi connectivity index (χ4n) is 3.02. The molecule has 1 aliphatic rings. The van der Waals surface area contributed by atoms with Gasteiger partial charge in [0.05, 0.1) is 18.6 Å². The Hall–Kier alpha value is -3.07. The number of ether oxygens (including phenoxy) is 2. The lowest BCUT2D eigenvalue weighted by atomic mass is 10.0. The maximum absolute atomic E-state index is 12.7. The molecular formula is C21H25N3O5S. The quantitative estimate of drug-likeness (QED) is 0.622. The molecule has 0 bridgehead atoms. The number of hydrogen-bond donors (Lipinski definition) is 2. The van der Waals surface area contributed by atoms with Gasteiger partial charge in [-0.05, 0) is 30.2 Å². The first-order chi connectivity index (χ1) is 14.3. The van der Waals surface area contributed by atoms with Gasteiger partial charge in [0.15, 0.2) is 0 Å². The first-order valence-corrected chi connectivity index (χ1v) is 11.0. The van der Waals surface area contributed by atoms with E-state index < -0.39 is 16.1 Å². The van der Waals surface area contributed by atoms with Crippen LogP contribution < -0.4 is 19.5 Å². The first-order valence-electron chi connectivity index (χ1n) is 9.56. The van der Waals surface area contributed by atoms with E-state index in [1.165, 1.54) is 6.07 Å². The number of aliphatic imine (C=N–C) groups is 1. The average molecular weight is 432 g/mol. The molecule has 0 aromatic heterocycles. The minimum absolute atomic E-state index is 0.130. The van der Waals surface area contributed by atoms with Gasteiger partial charge in [0.1, 0.15) is 30.0 Å². The monoisotopic (exact) mass is 431 g/mol. The molecule has 0 saturated heterocycles. The number of nitrogens with one attached hydrogen (secondary N) is 2. The molecule has 160 valence electrons. The first kappa shape index (κ1) is 21.6. The Bertz CT molecular complexity index is 1050. The summed E-state index contributed by atoms with van der Waals surface area (Å²) in [7, 11) is -2.07. The molecule has 0 fully saturated rings. The third kappa shape index (κ3) is 4.91. The Labute approximate surface area is 176 Å². The number of benzene rings is 2. The van der Waals surface area contributed by atoms with Crippen molar-refractivity contribution < 1.29 is 22.7 Å². The van der Waals surface area contributed by atoms with Crippen LogP contribution in [0, 0.1) is 5.92 Å². The molecule has 0 spiro atoms. The second-order valence-corrected chi connectivity index (χ2v) is 8.74. The number of sulfonamides is 1. The van der Waals surface area contributed by atoms with Crippen LogP contribution in [-0.2, 0) is 14.8 Å². The summed E-state index contributed by atoms with van der Waals surface area (Å²) in [6.45, 7) is 4.27. The summed E-state index contributed by atoms with van der Waals surface area (Å²) in [5, 5.41) is 2.80. The minimum Gasteiger partial charge on any atom is -0.497 e. The lowest BCUT2D eigenvalue weighted by Gasteiger charge is -2.17. The fourth-order valence-corrected chi connectivity index (χ4v) is 4.26. The van der Waals surface area contributed by atoms with E-state index in [-0.39, 0.29) is 35.7 Å². The number of rotatable bonds is 8. The van der Waals surface area contributed by atoms with Crippen LogP contribution in [0.15, 0.2) is 58.4 Å². The maximum Gasteiger partial charge on any atom is 0.263 e. The summed E-state index contributed by atoms with van der Waals surface area (Å²) in [5.74, 6) is 1.09. The van der Waals surface area contributed by atoms with Crippen molar-refractivity contribution in [2.24, 2.45) is 10.9 Å². The van der Waals surface area contributed by atoms with Crippen LogP contribution in [0.4, 0.5) is 0 Å². The standard InChI is InChI=1S/C21H25N3O5S/c1-14(2)19(23-20-17-9-4-5-10-18(17)30(26,27)24-20)21(25)22-11-12-29-16-8-6-7-15(13-16)28-3/h4-10,13-14,19H,11-12H2,1-3H3,(H,22,25)(H,23,24)/t19-/m0/s1. The van der Waals surface area contributed by atoms with Crippen molar-refractivity contribution in [3.63, 3.8) is 0 Å². The smallest absolute Gasteiger partial charge is 0.263 e. The minimum atomic E-state index is -3.65. The molecule has 3 rings (SSSR count). The van der Waals surface area contributed by atoms with E-state index in [0.717, 1.165) is 0 Å². The summed E-state index contributed by atoms with van der Waals surface area (Å²) >= 11 is 0. The van der Waals surface area contributed by atoms with Gasteiger partial charge in [0, 0.05) is 11.6 Å². The highest BCUT2D eigenvalue weighted by Crippen LogP contribution is 2.23. The van der Waals surface area contributed by atoms with E-state index >= 15 is 0 Å². The predicted molar refractivity (Wildman–Crippen MR) is 113 cm³/mol. The molecular weight excluding hydrogens is 406 g/mol. The van der Waals surface area contributed by atoms with Gasteiger partial charge in [0.25, 0.3) is 10.0 Å². The molecule has 0 aliphatic carbocycles. The molecule has 2 aromatic carbocycles. The summed E-state index contributed by atoms with van der Waals surface area (Å²) in [4.78, 5) is 17.3. The van der Waals surface area contributed by atoms with Gasteiger partial charge in [-0.25, -0.2) is 8.42 Å². The van der Waals surface area contributed by atoms with Crippen molar-refractivity contribution >= 4 is 21.8 Å². The summed E-state index contributed by atoms with van der Waals surface area (Å²) in [6, 6.07) is 13.0. The topological polar surface area (TPSA) is 106 Å². The largest absolute Gasteiger partial charge is 0.497 e. The van der Waals surface area contributed by atoms with Crippen molar-refractivity contribution in [3.8, 4) is 11.5 Å². The van der Waals surface area contributed by atoms with Gasteiger partial charge in [-0.15, -0.1) is 0 Å². The number of carbonyl (C=O) groups excluding carboxylic acids is 1. The lowest BCUT2D eigenvalue weighted by molar-refractivity contribution is -0.123. The maximum atomic E-state index is 12.7. The van der Waals surface area contributed by atoms with E-state index in [1.807, 2.05) is 26.0 Å². The van der Waals surface area contributed by atoms with Gasteiger partial charge in [0.2, 0.25) is 5.91 Å². The number of amides is 1. The van der Waals surface area contributed by atoms with Gasteiger partial charge >= 0.3 is 0 Å². The van der Waals surface area contributed by atoms with Gasteiger partial charge in [-0.1, -0.05) is 32.0 Å². The van der Waals surface area contributed by atoms with Crippen molar-refractivity contribution in [1.82, 2.24) is 10.0 Å². The Balaban J connectivity index is 1.64. The van der Waals surface area contributed by atoms with E-state index in [4.69, 9.17) is 9.47 Å². The summed E-state index contributed by atoms with van der Waals surface area (Å²) < 4.78 is 37.7. The van der Waals surface area contributed by atoms with Crippen LogP contribution in [0.1, 0.15) is 19.4 Å². The molecule has 0 unspecified atom stereocenters. The van der Waals surface area contributed by atoms with Crippen LogP contribution in [0.3, 0.4) is 0 Å². The van der Waals surface area contributed by atoms with Crippen LogP contribution in [0.25, 0.3) is 0 Å². The summed E-state index contributed by atoms with van der Waals surface area (Å²) in [6.07, 6.45) is 0. The van der Waals surface area contributed by atoms with E-state index in [9.17, 15) is 13.2 Å². The van der Waals surface area contributed by atoms with E-state index in [2.05, 4.69) is 15.0 Å². The molecule has 8 nitrogen and oxygen atoms in total. The second kappa shape index (κ2) is 9.17. The molecule has 2 aromatic rings. The van der Waals surface area contributed by atoms with Crippen molar-refractivity contribution in [3.05, 3.63) is 54.1 Å². The molecule has 1 atom stereocenters. The molecule has 30 heavy (non-hydrogen) atoms. The second-order valence-electron chi connectivity index (χ2n) is 7.09. The SMILES string of the molecule is COc1cccc(OCCNC(=O)[C@@H](N=C2NS(=O)(=O)c3ccccc32)C(C)C)c1. The zero-order valence-corrected chi connectivity index (χ0v) is 17.9. The Kier molecular flexibility index (Phi) is 6.61. The number of amidine groups is 1. The number of nitrogens with zero attached hydrogens (tertiary/aromatic N) is 1. The van der Waals surface area contributed by atoms with Crippen LogP contribution in [-0.4, -0.2) is 46.5 Å². The van der Waals surface area contributed by atoms with Gasteiger partial charge < -0.3 is 14.8 Å². The Morgan fingerprint density at radius 3 is 2.60 bits per heavy atom. The highest BCUT2D eigenvalue weighted by Gasteiger charge is 2.32.